The summed E-state index contributed by atoms with van der Waals surface area (Å²) in [5.41, 5.74) is 9.89. The van der Waals surface area contributed by atoms with E-state index in [0.29, 0.717) is 11.6 Å². The number of aryl methyl sites for hydroxylation is 1. The zero-order valence-corrected chi connectivity index (χ0v) is 13.2. The van der Waals surface area contributed by atoms with Gasteiger partial charge in [0.25, 0.3) is 0 Å². The van der Waals surface area contributed by atoms with Gasteiger partial charge in [0, 0.05) is 23.6 Å². The summed E-state index contributed by atoms with van der Waals surface area (Å²) in [5.74, 6) is 0.901. The number of hydrogen-bond donors (Lipinski definition) is 1. The maximum atomic E-state index is 6.04. The minimum Gasteiger partial charge on any atom is -0.327 e. The highest BCUT2D eigenvalue weighted by atomic mass is 79.9. The summed E-state index contributed by atoms with van der Waals surface area (Å²) in [5, 5.41) is 0.690. The molecule has 2 aromatic carbocycles. The normalized spacial score (nSPS) is 11.2. The van der Waals surface area contributed by atoms with Gasteiger partial charge in [0.2, 0.25) is 0 Å². The SMILES string of the molecule is Cn1c(-c2ccc(Cl)c(Br)c2)nc2c(CN)cccc21. The Labute approximate surface area is 130 Å². The number of aromatic nitrogens is 2. The van der Waals surface area contributed by atoms with Crippen LogP contribution in [-0.2, 0) is 13.6 Å². The van der Waals surface area contributed by atoms with Crippen LogP contribution in [0.5, 0.6) is 0 Å². The fourth-order valence-corrected chi connectivity index (χ4v) is 2.83. The van der Waals surface area contributed by atoms with Crippen molar-refractivity contribution in [2.75, 3.05) is 0 Å². The number of rotatable bonds is 2. The van der Waals surface area contributed by atoms with Gasteiger partial charge in [-0.3, -0.25) is 0 Å². The van der Waals surface area contributed by atoms with Crippen molar-refractivity contribution in [3.8, 4) is 11.4 Å². The molecular weight excluding hydrogens is 338 g/mol. The van der Waals surface area contributed by atoms with Gasteiger partial charge in [0.15, 0.2) is 0 Å². The van der Waals surface area contributed by atoms with E-state index in [1.165, 1.54) is 0 Å². The maximum absolute atomic E-state index is 6.04. The summed E-state index contributed by atoms with van der Waals surface area (Å²) in [7, 11) is 2.01. The van der Waals surface area contributed by atoms with Crippen LogP contribution in [0.15, 0.2) is 40.9 Å². The van der Waals surface area contributed by atoms with E-state index >= 15 is 0 Å². The average molecular weight is 351 g/mol. The summed E-state index contributed by atoms with van der Waals surface area (Å²) < 4.78 is 2.94. The van der Waals surface area contributed by atoms with Crippen molar-refractivity contribution in [2.24, 2.45) is 12.8 Å². The van der Waals surface area contributed by atoms with Gasteiger partial charge in [-0.05, 0) is 45.8 Å². The van der Waals surface area contributed by atoms with Gasteiger partial charge in [0.05, 0.1) is 16.1 Å². The van der Waals surface area contributed by atoms with E-state index in [4.69, 9.17) is 22.3 Å². The van der Waals surface area contributed by atoms with E-state index in [2.05, 4.69) is 26.6 Å². The number of imidazole rings is 1. The van der Waals surface area contributed by atoms with Crippen LogP contribution in [0.1, 0.15) is 5.56 Å². The number of benzene rings is 2. The zero-order chi connectivity index (χ0) is 14.3. The molecular formula is C15H13BrClN3. The smallest absolute Gasteiger partial charge is 0.140 e. The number of nitrogens with zero attached hydrogens (tertiary/aromatic N) is 2. The van der Waals surface area contributed by atoms with E-state index in [0.717, 1.165) is 32.5 Å². The summed E-state index contributed by atoms with van der Waals surface area (Å²) in [4.78, 5) is 4.74. The molecule has 0 atom stereocenters. The first-order valence-electron chi connectivity index (χ1n) is 6.21. The first kappa shape index (κ1) is 13.6. The summed E-state index contributed by atoms with van der Waals surface area (Å²) in [6.07, 6.45) is 0. The van der Waals surface area contributed by atoms with Gasteiger partial charge in [-0.15, -0.1) is 0 Å². The van der Waals surface area contributed by atoms with Crippen molar-refractivity contribution in [3.05, 3.63) is 51.5 Å². The molecule has 0 saturated carbocycles. The second kappa shape index (κ2) is 5.20. The van der Waals surface area contributed by atoms with Gasteiger partial charge >= 0.3 is 0 Å². The molecule has 0 amide bonds. The van der Waals surface area contributed by atoms with E-state index < -0.39 is 0 Å². The van der Waals surface area contributed by atoms with Gasteiger partial charge in [0.1, 0.15) is 5.82 Å². The largest absolute Gasteiger partial charge is 0.327 e. The molecule has 0 fully saturated rings. The van der Waals surface area contributed by atoms with Crippen LogP contribution in [-0.4, -0.2) is 9.55 Å². The Morgan fingerprint density at radius 2 is 2.10 bits per heavy atom. The molecule has 3 nitrogen and oxygen atoms in total. The van der Waals surface area contributed by atoms with Gasteiger partial charge < -0.3 is 10.3 Å². The number of hydrogen-bond acceptors (Lipinski definition) is 2. The third-order valence-corrected chi connectivity index (χ3v) is 4.61. The van der Waals surface area contributed by atoms with Crippen LogP contribution in [0.4, 0.5) is 0 Å². The molecule has 0 aliphatic heterocycles. The third-order valence-electron chi connectivity index (χ3n) is 3.39. The first-order chi connectivity index (χ1) is 9.61. The van der Waals surface area contributed by atoms with Crippen molar-refractivity contribution < 1.29 is 0 Å². The number of halogens is 2. The fourth-order valence-electron chi connectivity index (χ4n) is 2.33. The highest BCUT2D eigenvalue weighted by molar-refractivity contribution is 9.10. The standard InChI is InChI=1S/C15H13BrClN3/c1-20-13-4-2-3-10(8-18)14(13)19-15(20)9-5-6-12(17)11(16)7-9/h2-7H,8,18H2,1H3. The van der Waals surface area contributed by atoms with Gasteiger partial charge in [-0.25, -0.2) is 4.98 Å². The lowest BCUT2D eigenvalue weighted by Gasteiger charge is -2.04. The molecule has 2 N–H and O–H groups in total. The fraction of sp³-hybridized carbons (Fsp3) is 0.133. The number of para-hydroxylation sites is 1. The molecule has 0 bridgehead atoms. The Balaban J connectivity index is 2.26. The van der Waals surface area contributed by atoms with Crippen molar-refractivity contribution in [3.63, 3.8) is 0 Å². The second-order valence-corrected chi connectivity index (χ2v) is 5.87. The van der Waals surface area contributed by atoms with Crippen LogP contribution in [0.3, 0.4) is 0 Å². The lowest BCUT2D eigenvalue weighted by atomic mass is 10.2. The molecule has 0 spiro atoms. The Morgan fingerprint density at radius 3 is 2.80 bits per heavy atom. The van der Waals surface area contributed by atoms with Crippen LogP contribution in [0, 0.1) is 0 Å². The Morgan fingerprint density at radius 1 is 1.30 bits per heavy atom. The van der Waals surface area contributed by atoms with Crippen molar-refractivity contribution in [1.29, 1.82) is 0 Å². The van der Waals surface area contributed by atoms with E-state index in [9.17, 15) is 0 Å². The lowest BCUT2D eigenvalue weighted by molar-refractivity contribution is 0.959. The second-order valence-electron chi connectivity index (χ2n) is 4.61. The quantitative estimate of drug-likeness (QED) is 0.755. The van der Waals surface area contributed by atoms with Crippen LogP contribution >= 0.6 is 27.5 Å². The minimum absolute atomic E-state index is 0.484. The molecule has 0 aliphatic rings. The molecule has 0 radical (unpaired) electrons. The topological polar surface area (TPSA) is 43.8 Å². The molecule has 1 heterocycles. The molecule has 0 aliphatic carbocycles. The van der Waals surface area contributed by atoms with Crippen LogP contribution in [0.2, 0.25) is 5.02 Å². The van der Waals surface area contributed by atoms with E-state index in [1.54, 1.807) is 0 Å². The molecule has 0 saturated heterocycles. The third kappa shape index (κ3) is 2.14. The van der Waals surface area contributed by atoms with Gasteiger partial charge in [-0.1, -0.05) is 23.7 Å². The number of nitrogens with two attached hydrogens (primary N) is 1. The molecule has 1 aromatic heterocycles. The number of fused-ring (bicyclic) bond motifs is 1. The molecule has 3 aromatic rings. The van der Waals surface area contributed by atoms with Crippen molar-refractivity contribution in [2.45, 2.75) is 6.54 Å². The molecule has 102 valence electrons. The molecule has 3 rings (SSSR count). The Kier molecular flexibility index (Phi) is 3.54. The Hall–Kier alpha value is -1.36. The average Bonchev–Trinajstić information content (AvgIpc) is 2.79. The Bertz CT molecular complexity index is 795. The summed E-state index contributed by atoms with van der Waals surface area (Å²) >= 11 is 9.49. The van der Waals surface area contributed by atoms with Gasteiger partial charge in [-0.2, -0.15) is 0 Å². The monoisotopic (exact) mass is 349 g/mol. The predicted molar refractivity (Wildman–Crippen MR) is 86.8 cm³/mol. The van der Waals surface area contributed by atoms with Crippen LogP contribution < -0.4 is 5.73 Å². The van der Waals surface area contributed by atoms with E-state index in [1.807, 2.05) is 37.4 Å². The highest BCUT2D eigenvalue weighted by Gasteiger charge is 2.12. The summed E-state index contributed by atoms with van der Waals surface area (Å²) in [6.45, 7) is 0.484. The van der Waals surface area contributed by atoms with Crippen molar-refractivity contribution >= 4 is 38.6 Å². The van der Waals surface area contributed by atoms with Crippen molar-refractivity contribution in [1.82, 2.24) is 9.55 Å². The molecule has 0 unspecified atom stereocenters. The maximum Gasteiger partial charge on any atom is 0.140 e. The predicted octanol–water partition coefficient (Wildman–Crippen LogP) is 4.11. The highest BCUT2D eigenvalue weighted by Crippen LogP contribution is 2.30. The molecule has 5 heteroatoms. The summed E-state index contributed by atoms with van der Waals surface area (Å²) in [6, 6.07) is 11.9. The van der Waals surface area contributed by atoms with Crippen LogP contribution in [0.25, 0.3) is 22.4 Å². The zero-order valence-electron chi connectivity index (χ0n) is 10.9. The lowest BCUT2D eigenvalue weighted by Crippen LogP contribution is -1.97. The first-order valence-corrected chi connectivity index (χ1v) is 7.38. The minimum atomic E-state index is 0.484. The van der Waals surface area contributed by atoms with E-state index in [-0.39, 0.29) is 0 Å². The molecule has 20 heavy (non-hydrogen) atoms.